The Labute approximate surface area is 139 Å². The first kappa shape index (κ1) is 15.6. The summed E-state index contributed by atoms with van der Waals surface area (Å²) in [4.78, 5) is 1.21. The lowest BCUT2D eigenvalue weighted by Gasteiger charge is -2.12. The molecular formula is C17H15NO3S2. The van der Waals surface area contributed by atoms with Gasteiger partial charge < -0.3 is 4.74 Å². The standard InChI is InChI=1S/C17H15NO3S2/c1-21-13-8-10-14(11-9-13)23(19,20)18-16-6-3-2-5-15(16)17-7-4-12-22-17/h2-12,18H,1H3. The SMILES string of the molecule is COc1ccc(S(=O)(=O)Nc2ccccc2-c2cccs2)cc1. The minimum absolute atomic E-state index is 0.194. The minimum Gasteiger partial charge on any atom is -0.497 e. The number of thiophene rings is 1. The number of hydrogen-bond acceptors (Lipinski definition) is 4. The van der Waals surface area contributed by atoms with E-state index in [9.17, 15) is 8.42 Å². The zero-order chi connectivity index (χ0) is 16.3. The van der Waals surface area contributed by atoms with E-state index in [-0.39, 0.29) is 4.90 Å². The van der Waals surface area contributed by atoms with Gasteiger partial charge in [-0.05, 0) is 41.8 Å². The van der Waals surface area contributed by atoms with Crippen LogP contribution in [0.25, 0.3) is 10.4 Å². The maximum Gasteiger partial charge on any atom is 0.261 e. The molecule has 1 aromatic heterocycles. The first-order chi connectivity index (χ1) is 11.1. The molecule has 0 aliphatic heterocycles. The molecule has 0 atom stereocenters. The Kier molecular flexibility index (Phi) is 4.36. The molecule has 3 rings (SSSR count). The molecule has 0 aliphatic carbocycles. The number of sulfonamides is 1. The molecule has 0 aliphatic rings. The number of hydrogen-bond donors (Lipinski definition) is 1. The molecular weight excluding hydrogens is 330 g/mol. The molecule has 1 heterocycles. The third-order valence-electron chi connectivity index (χ3n) is 3.33. The van der Waals surface area contributed by atoms with Gasteiger partial charge >= 0.3 is 0 Å². The Morgan fingerprint density at radius 3 is 2.35 bits per heavy atom. The molecule has 0 saturated carbocycles. The number of methoxy groups -OCH3 is 1. The van der Waals surface area contributed by atoms with Crippen molar-refractivity contribution in [3.8, 4) is 16.2 Å². The van der Waals surface area contributed by atoms with Gasteiger partial charge in [0.15, 0.2) is 0 Å². The predicted molar refractivity (Wildman–Crippen MR) is 93.6 cm³/mol. The van der Waals surface area contributed by atoms with Gasteiger partial charge in [0.25, 0.3) is 10.0 Å². The quantitative estimate of drug-likeness (QED) is 0.753. The van der Waals surface area contributed by atoms with Gasteiger partial charge in [0.2, 0.25) is 0 Å². The lowest BCUT2D eigenvalue weighted by molar-refractivity contribution is 0.414. The van der Waals surface area contributed by atoms with Crippen LogP contribution in [0.15, 0.2) is 70.9 Å². The highest BCUT2D eigenvalue weighted by atomic mass is 32.2. The summed E-state index contributed by atoms with van der Waals surface area (Å²) in [6.07, 6.45) is 0. The summed E-state index contributed by atoms with van der Waals surface area (Å²) in [5.74, 6) is 0.614. The largest absolute Gasteiger partial charge is 0.497 e. The monoisotopic (exact) mass is 345 g/mol. The fourth-order valence-corrected chi connectivity index (χ4v) is 4.02. The third kappa shape index (κ3) is 3.38. The fraction of sp³-hybridized carbons (Fsp3) is 0.0588. The Bertz CT molecular complexity index is 886. The lowest BCUT2D eigenvalue weighted by atomic mass is 10.1. The second-order valence-electron chi connectivity index (χ2n) is 4.80. The third-order valence-corrected chi connectivity index (χ3v) is 5.61. The molecule has 0 bridgehead atoms. The number of benzene rings is 2. The molecule has 0 amide bonds. The molecule has 4 nitrogen and oxygen atoms in total. The number of para-hydroxylation sites is 1. The van der Waals surface area contributed by atoms with Crippen LogP contribution in [0.4, 0.5) is 5.69 Å². The van der Waals surface area contributed by atoms with Crippen molar-refractivity contribution in [1.82, 2.24) is 0 Å². The Balaban J connectivity index is 1.95. The van der Waals surface area contributed by atoms with Gasteiger partial charge in [0, 0.05) is 10.4 Å². The molecule has 6 heteroatoms. The smallest absolute Gasteiger partial charge is 0.261 e. The lowest BCUT2D eigenvalue weighted by Crippen LogP contribution is -2.13. The van der Waals surface area contributed by atoms with E-state index < -0.39 is 10.0 Å². The van der Waals surface area contributed by atoms with E-state index in [0.717, 1.165) is 10.4 Å². The molecule has 23 heavy (non-hydrogen) atoms. The second-order valence-corrected chi connectivity index (χ2v) is 7.43. The van der Waals surface area contributed by atoms with Crippen LogP contribution >= 0.6 is 11.3 Å². The van der Waals surface area contributed by atoms with E-state index in [1.807, 2.05) is 35.7 Å². The average Bonchev–Trinajstić information content (AvgIpc) is 3.09. The normalized spacial score (nSPS) is 11.2. The van der Waals surface area contributed by atoms with Gasteiger partial charge in [-0.2, -0.15) is 0 Å². The van der Waals surface area contributed by atoms with Crippen LogP contribution in [-0.2, 0) is 10.0 Å². The molecule has 3 aromatic rings. The van der Waals surface area contributed by atoms with Gasteiger partial charge in [-0.25, -0.2) is 8.42 Å². The second kappa shape index (κ2) is 6.44. The number of ether oxygens (including phenoxy) is 1. The van der Waals surface area contributed by atoms with Crippen LogP contribution in [0.2, 0.25) is 0 Å². The van der Waals surface area contributed by atoms with E-state index >= 15 is 0 Å². The van der Waals surface area contributed by atoms with Crippen molar-refractivity contribution in [3.05, 3.63) is 66.0 Å². The van der Waals surface area contributed by atoms with Crippen LogP contribution in [0, 0.1) is 0 Å². The molecule has 2 aromatic carbocycles. The molecule has 118 valence electrons. The van der Waals surface area contributed by atoms with Crippen LogP contribution in [0.5, 0.6) is 5.75 Å². The van der Waals surface area contributed by atoms with Crippen LogP contribution in [0.1, 0.15) is 0 Å². The van der Waals surface area contributed by atoms with Crippen molar-refractivity contribution in [3.63, 3.8) is 0 Å². The van der Waals surface area contributed by atoms with E-state index in [0.29, 0.717) is 11.4 Å². The summed E-state index contributed by atoms with van der Waals surface area (Å²) in [7, 11) is -2.11. The molecule has 0 radical (unpaired) electrons. The van der Waals surface area contributed by atoms with E-state index in [1.54, 1.807) is 36.6 Å². The van der Waals surface area contributed by atoms with E-state index in [4.69, 9.17) is 4.74 Å². The molecule has 0 saturated heterocycles. The highest BCUT2D eigenvalue weighted by Gasteiger charge is 2.16. The van der Waals surface area contributed by atoms with Crippen LogP contribution in [0.3, 0.4) is 0 Å². The summed E-state index contributed by atoms with van der Waals surface area (Å²) < 4.78 is 32.9. The van der Waals surface area contributed by atoms with Gasteiger partial charge in [-0.3, -0.25) is 4.72 Å². The molecule has 0 spiro atoms. The predicted octanol–water partition coefficient (Wildman–Crippen LogP) is 4.22. The maximum absolute atomic E-state index is 12.6. The van der Waals surface area contributed by atoms with Gasteiger partial charge in [0.05, 0.1) is 17.7 Å². The van der Waals surface area contributed by atoms with Gasteiger partial charge in [0.1, 0.15) is 5.75 Å². The zero-order valence-corrected chi connectivity index (χ0v) is 14.0. The Hall–Kier alpha value is -2.31. The summed E-state index contributed by atoms with van der Waals surface area (Å²) in [6.45, 7) is 0. The summed E-state index contributed by atoms with van der Waals surface area (Å²) in [6, 6.07) is 17.6. The number of anilines is 1. The Morgan fingerprint density at radius 2 is 1.70 bits per heavy atom. The van der Waals surface area contributed by atoms with Crippen molar-refractivity contribution in [1.29, 1.82) is 0 Å². The van der Waals surface area contributed by atoms with Crippen molar-refractivity contribution >= 4 is 27.0 Å². The first-order valence-corrected chi connectivity index (χ1v) is 9.26. The van der Waals surface area contributed by atoms with Crippen LogP contribution < -0.4 is 9.46 Å². The molecule has 1 N–H and O–H groups in total. The van der Waals surface area contributed by atoms with Crippen molar-refractivity contribution in [2.75, 3.05) is 11.8 Å². The van der Waals surface area contributed by atoms with Crippen molar-refractivity contribution < 1.29 is 13.2 Å². The molecule has 0 unspecified atom stereocenters. The number of rotatable bonds is 5. The van der Waals surface area contributed by atoms with Gasteiger partial charge in [-0.15, -0.1) is 11.3 Å². The van der Waals surface area contributed by atoms with Crippen molar-refractivity contribution in [2.24, 2.45) is 0 Å². The summed E-state index contributed by atoms with van der Waals surface area (Å²) in [5, 5.41) is 1.96. The summed E-state index contributed by atoms with van der Waals surface area (Å²) >= 11 is 1.57. The highest BCUT2D eigenvalue weighted by molar-refractivity contribution is 7.92. The van der Waals surface area contributed by atoms with E-state index in [2.05, 4.69) is 4.72 Å². The first-order valence-electron chi connectivity index (χ1n) is 6.90. The highest BCUT2D eigenvalue weighted by Crippen LogP contribution is 2.32. The van der Waals surface area contributed by atoms with E-state index in [1.165, 1.54) is 12.1 Å². The average molecular weight is 345 g/mol. The zero-order valence-electron chi connectivity index (χ0n) is 12.4. The Morgan fingerprint density at radius 1 is 0.957 bits per heavy atom. The van der Waals surface area contributed by atoms with Crippen LogP contribution in [-0.4, -0.2) is 15.5 Å². The molecule has 0 fully saturated rings. The minimum atomic E-state index is -3.65. The van der Waals surface area contributed by atoms with Crippen molar-refractivity contribution in [2.45, 2.75) is 4.90 Å². The fourth-order valence-electron chi connectivity index (χ4n) is 2.18. The van der Waals surface area contributed by atoms with Gasteiger partial charge in [-0.1, -0.05) is 24.3 Å². The summed E-state index contributed by atoms with van der Waals surface area (Å²) in [5.41, 5.74) is 1.42. The maximum atomic E-state index is 12.6. The topological polar surface area (TPSA) is 55.4 Å². The number of nitrogens with one attached hydrogen (secondary N) is 1.